The first-order valence-electron chi connectivity index (χ1n) is 5.02. The summed E-state index contributed by atoms with van der Waals surface area (Å²) in [4.78, 5) is 11.1. The SMILES string of the molecule is CCOC(=O)CC1CCC(F)CC1. The van der Waals surface area contributed by atoms with E-state index in [-0.39, 0.29) is 5.97 Å². The number of ether oxygens (including phenoxy) is 1. The van der Waals surface area contributed by atoms with E-state index in [0.29, 0.717) is 31.8 Å². The fraction of sp³-hybridized carbons (Fsp3) is 0.900. The quantitative estimate of drug-likeness (QED) is 0.636. The van der Waals surface area contributed by atoms with Gasteiger partial charge in [-0.25, -0.2) is 4.39 Å². The molecule has 13 heavy (non-hydrogen) atoms. The van der Waals surface area contributed by atoms with E-state index in [9.17, 15) is 9.18 Å². The lowest BCUT2D eigenvalue weighted by Gasteiger charge is -2.23. The minimum Gasteiger partial charge on any atom is -0.466 e. The van der Waals surface area contributed by atoms with Crippen molar-refractivity contribution >= 4 is 5.97 Å². The lowest BCUT2D eigenvalue weighted by Crippen LogP contribution is -2.19. The van der Waals surface area contributed by atoms with Crippen LogP contribution in [0, 0.1) is 5.92 Å². The predicted octanol–water partition coefficient (Wildman–Crippen LogP) is 2.47. The molecule has 0 heterocycles. The minimum absolute atomic E-state index is 0.134. The van der Waals surface area contributed by atoms with Crippen LogP contribution >= 0.6 is 0 Å². The fourth-order valence-electron chi connectivity index (χ4n) is 1.78. The second-order valence-electron chi connectivity index (χ2n) is 3.63. The Balaban J connectivity index is 2.18. The standard InChI is InChI=1S/C10H17FO2/c1-2-13-10(12)7-8-3-5-9(11)6-4-8/h8-9H,2-7H2,1H3. The van der Waals surface area contributed by atoms with Crippen molar-refractivity contribution < 1.29 is 13.9 Å². The van der Waals surface area contributed by atoms with Gasteiger partial charge in [-0.15, -0.1) is 0 Å². The molecule has 0 aromatic carbocycles. The summed E-state index contributed by atoms with van der Waals surface area (Å²) in [7, 11) is 0. The lowest BCUT2D eigenvalue weighted by atomic mass is 9.86. The van der Waals surface area contributed by atoms with Gasteiger partial charge in [0.15, 0.2) is 0 Å². The summed E-state index contributed by atoms with van der Waals surface area (Å²) in [6.07, 6.45) is 2.73. The van der Waals surface area contributed by atoms with Gasteiger partial charge >= 0.3 is 5.97 Å². The van der Waals surface area contributed by atoms with E-state index in [2.05, 4.69) is 0 Å². The number of rotatable bonds is 3. The van der Waals surface area contributed by atoms with E-state index < -0.39 is 6.17 Å². The number of halogens is 1. The summed E-state index contributed by atoms with van der Waals surface area (Å²) < 4.78 is 17.6. The van der Waals surface area contributed by atoms with E-state index >= 15 is 0 Å². The number of hydrogen-bond donors (Lipinski definition) is 0. The molecule has 0 aromatic rings. The van der Waals surface area contributed by atoms with Crippen molar-refractivity contribution in [3.63, 3.8) is 0 Å². The average Bonchev–Trinajstić information content (AvgIpc) is 2.09. The maximum absolute atomic E-state index is 12.7. The number of carbonyl (C=O) groups excluding carboxylic acids is 1. The van der Waals surface area contributed by atoms with Crippen molar-refractivity contribution in [2.45, 2.75) is 45.2 Å². The number of alkyl halides is 1. The molecular weight excluding hydrogens is 171 g/mol. The van der Waals surface area contributed by atoms with Gasteiger partial charge < -0.3 is 4.74 Å². The molecule has 0 atom stereocenters. The highest BCUT2D eigenvalue weighted by Crippen LogP contribution is 2.28. The van der Waals surface area contributed by atoms with Crippen LogP contribution in [-0.2, 0) is 9.53 Å². The Morgan fingerprint density at radius 2 is 2.00 bits per heavy atom. The summed E-state index contributed by atoms with van der Waals surface area (Å²) in [6, 6.07) is 0. The highest BCUT2D eigenvalue weighted by molar-refractivity contribution is 5.69. The maximum atomic E-state index is 12.7. The van der Waals surface area contributed by atoms with E-state index in [4.69, 9.17) is 4.74 Å². The van der Waals surface area contributed by atoms with Crippen molar-refractivity contribution in [1.82, 2.24) is 0 Å². The Bertz CT molecular complexity index is 162. The molecular formula is C10H17FO2. The average molecular weight is 188 g/mol. The van der Waals surface area contributed by atoms with Crippen LogP contribution in [0.2, 0.25) is 0 Å². The highest BCUT2D eigenvalue weighted by Gasteiger charge is 2.22. The molecule has 1 rings (SSSR count). The van der Waals surface area contributed by atoms with Crippen molar-refractivity contribution in [1.29, 1.82) is 0 Å². The van der Waals surface area contributed by atoms with Gasteiger partial charge in [-0.1, -0.05) is 0 Å². The van der Waals surface area contributed by atoms with E-state index in [1.165, 1.54) is 0 Å². The third-order valence-corrected chi connectivity index (χ3v) is 2.54. The third kappa shape index (κ3) is 3.75. The first-order chi connectivity index (χ1) is 6.22. The zero-order valence-corrected chi connectivity index (χ0v) is 8.09. The van der Waals surface area contributed by atoms with Crippen LogP contribution in [0.1, 0.15) is 39.0 Å². The smallest absolute Gasteiger partial charge is 0.306 e. The highest BCUT2D eigenvalue weighted by atomic mass is 19.1. The van der Waals surface area contributed by atoms with E-state index in [1.54, 1.807) is 6.92 Å². The Kier molecular flexibility index (Phi) is 4.19. The number of esters is 1. The Labute approximate surface area is 78.5 Å². The summed E-state index contributed by atoms with van der Waals surface area (Å²) in [5, 5.41) is 0. The van der Waals surface area contributed by atoms with Crippen LogP contribution in [-0.4, -0.2) is 18.7 Å². The van der Waals surface area contributed by atoms with Gasteiger partial charge in [0.05, 0.1) is 6.61 Å². The second kappa shape index (κ2) is 5.20. The molecule has 0 amide bonds. The first-order valence-corrected chi connectivity index (χ1v) is 5.02. The van der Waals surface area contributed by atoms with Crippen molar-refractivity contribution in [3.05, 3.63) is 0 Å². The fourth-order valence-corrected chi connectivity index (χ4v) is 1.78. The molecule has 0 unspecified atom stereocenters. The number of carbonyl (C=O) groups is 1. The molecule has 0 saturated heterocycles. The summed E-state index contributed by atoms with van der Waals surface area (Å²) in [5.41, 5.74) is 0. The zero-order valence-electron chi connectivity index (χ0n) is 8.09. The first kappa shape index (κ1) is 10.5. The van der Waals surface area contributed by atoms with Gasteiger partial charge in [0.1, 0.15) is 6.17 Å². The Morgan fingerprint density at radius 1 is 1.38 bits per heavy atom. The Morgan fingerprint density at radius 3 is 2.54 bits per heavy atom. The van der Waals surface area contributed by atoms with Crippen LogP contribution in [0.3, 0.4) is 0 Å². The molecule has 0 N–H and O–H groups in total. The van der Waals surface area contributed by atoms with E-state index in [1.807, 2.05) is 0 Å². The number of hydrogen-bond acceptors (Lipinski definition) is 2. The second-order valence-corrected chi connectivity index (χ2v) is 3.63. The Hall–Kier alpha value is -0.600. The van der Waals surface area contributed by atoms with Crippen LogP contribution < -0.4 is 0 Å². The molecule has 3 heteroatoms. The zero-order chi connectivity index (χ0) is 9.68. The van der Waals surface area contributed by atoms with Gasteiger partial charge in [-0.2, -0.15) is 0 Å². The van der Waals surface area contributed by atoms with Gasteiger partial charge in [-0.3, -0.25) is 4.79 Å². The predicted molar refractivity (Wildman–Crippen MR) is 48.1 cm³/mol. The van der Waals surface area contributed by atoms with Gasteiger partial charge in [0.25, 0.3) is 0 Å². The van der Waals surface area contributed by atoms with Crippen LogP contribution in [0.4, 0.5) is 4.39 Å². The molecule has 0 spiro atoms. The third-order valence-electron chi connectivity index (χ3n) is 2.54. The molecule has 76 valence electrons. The van der Waals surface area contributed by atoms with Gasteiger partial charge in [0, 0.05) is 6.42 Å². The maximum Gasteiger partial charge on any atom is 0.306 e. The monoisotopic (exact) mass is 188 g/mol. The molecule has 1 aliphatic rings. The van der Waals surface area contributed by atoms with Crippen LogP contribution in [0.15, 0.2) is 0 Å². The minimum atomic E-state index is -0.640. The van der Waals surface area contributed by atoms with Crippen molar-refractivity contribution in [2.24, 2.45) is 5.92 Å². The van der Waals surface area contributed by atoms with Gasteiger partial charge in [-0.05, 0) is 38.5 Å². The molecule has 1 saturated carbocycles. The summed E-state index contributed by atoms with van der Waals surface area (Å²) in [6.45, 7) is 2.24. The van der Waals surface area contributed by atoms with Crippen LogP contribution in [0.5, 0.6) is 0 Å². The molecule has 0 aromatic heterocycles. The molecule has 0 bridgehead atoms. The van der Waals surface area contributed by atoms with Crippen molar-refractivity contribution in [2.75, 3.05) is 6.61 Å². The normalized spacial score (nSPS) is 28.5. The largest absolute Gasteiger partial charge is 0.466 e. The molecule has 1 fully saturated rings. The molecule has 2 nitrogen and oxygen atoms in total. The summed E-state index contributed by atoms with van der Waals surface area (Å²) in [5.74, 6) is 0.218. The van der Waals surface area contributed by atoms with E-state index in [0.717, 1.165) is 12.8 Å². The van der Waals surface area contributed by atoms with Crippen molar-refractivity contribution in [3.8, 4) is 0 Å². The summed E-state index contributed by atoms with van der Waals surface area (Å²) >= 11 is 0. The lowest BCUT2D eigenvalue weighted by molar-refractivity contribution is -0.144. The van der Waals surface area contributed by atoms with Gasteiger partial charge in [0.2, 0.25) is 0 Å². The molecule has 1 aliphatic carbocycles. The molecule has 0 radical (unpaired) electrons. The topological polar surface area (TPSA) is 26.3 Å². The molecule has 0 aliphatic heterocycles. The van der Waals surface area contributed by atoms with Crippen LogP contribution in [0.25, 0.3) is 0 Å².